The molecule has 1 aromatic rings. The van der Waals surface area contributed by atoms with Crippen molar-refractivity contribution in [2.24, 2.45) is 11.8 Å². The number of nitrogens with one attached hydrogen (secondary N) is 1. The van der Waals surface area contributed by atoms with Crippen LogP contribution in [-0.4, -0.2) is 54.3 Å². The number of nitrogens with zero attached hydrogens (tertiary/aromatic N) is 2. The van der Waals surface area contributed by atoms with E-state index in [1.54, 1.807) is 18.2 Å². The van der Waals surface area contributed by atoms with Gasteiger partial charge in [-0.2, -0.15) is 0 Å². The molecular formula is C20H28FN3O2. The Morgan fingerprint density at radius 2 is 1.65 bits per heavy atom. The van der Waals surface area contributed by atoms with E-state index in [9.17, 15) is 14.0 Å². The highest BCUT2D eigenvalue weighted by Crippen LogP contribution is 2.31. The standard InChI is InChI=1S/C20H28FN3O2/c1-2-23-11-13-24(14-12-23)20(26)16-9-7-15(8-10-16)19(25)22-18-6-4-3-5-17(18)21/h3-6,15-16H,2,7-14H2,1H3,(H,22,25). The van der Waals surface area contributed by atoms with Crippen LogP contribution < -0.4 is 5.32 Å². The average Bonchev–Trinajstić information content (AvgIpc) is 2.69. The van der Waals surface area contributed by atoms with Gasteiger partial charge in [0.05, 0.1) is 5.69 Å². The Morgan fingerprint density at radius 1 is 1.04 bits per heavy atom. The average molecular weight is 361 g/mol. The highest BCUT2D eigenvalue weighted by Gasteiger charge is 2.33. The Kier molecular flexibility index (Phi) is 6.25. The van der Waals surface area contributed by atoms with Crippen molar-refractivity contribution < 1.29 is 14.0 Å². The highest BCUT2D eigenvalue weighted by molar-refractivity contribution is 5.92. The van der Waals surface area contributed by atoms with Crippen molar-refractivity contribution in [1.29, 1.82) is 0 Å². The summed E-state index contributed by atoms with van der Waals surface area (Å²) < 4.78 is 13.7. The van der Waals surface area contributed by atoms with Gasteiger partial charge < -0.3 is 15.1 Å². The largest absolute Gasteiger partial charge is 0.340 e. The van der Waals surface area contributed by atoms with E-state index in [-0.39, 0.29) is 29.3 Å². The van der Waals surface area contributed by atoms with E-state index >= 15 is 0 Å². The molecule has 5 nitrogen and oxygen atoms in total. The Balaban J connectivity index is 1.47. The minimum Gasteiger partial charge on any atom is -0.340 e. The third kappa shape index (κ3) is 4.41. The third-order valence-electron chi connectivity index (χ3n) is 5.71. The first-order valence-electron chi connectivity index (χ1n) is 9.65. The second kappa shape index (κ2) is 8.62. The second-order valence-electron chi connectivity index (χ2n) is 7.28. The molecule has 1 aromatic carbocycles. The molecule has 2 amide bonds. The molecule has 0 spiro atoms. The topological polar surface area (TPSA) is 52.7 Å². The van der Waals surface area contributed by atoms with Crippen molar-refractivity contribution in [2.75, 3.05) is 38.0 Å². The van der Waals surface area contributed by atoms with Gasteiger partial charge in [0.15, 0.2) is 0 Å². The van der Waals surface area contributed by atoms with Gasteiger partial charge in [0.2, 0.25) is 11.8 Å². The Labute approximate surface area is 154 Å². The number of carbonyl (C=O) groups excluding carboxylic acids is 2. The monoisotopic (exact) mass is 361 g/mol. The van der Waals surface area contributed by atoms with Crippen LogP contribution in [-0.2, 0) is 9.59 Å². The van der Waals surface area contributed by atoms with Crippen LogP contribution >= 0.6 is 0 Å². The SMILES string of the molecule is CCN1CCN(C(=O)C2CCC(C(=O)Nc3ccccc3F)CC2)CC1. The zero-order chi connectivity index (χ0) is 18.5. The van der Waals surface area contributed by atoms with Gasteiger partial charge in [0, 0.05) is 38.0 Å². The zero-order valence-electron chi connectivity index (χ0n) is 15.4. The van der Waals surface area contributed by atoms with Gasteiger partial charge in [-0.05, 0) is 44.4 Å². The summed E-state index contributed by atoms with van der Waals surface area (Å²) in [7, 11) is 0. The van der Waals surface area contributed by atoms with Crippen molar-refractivity contribution in [3.8, 4) is 0 Å². The van der Waals surface area contributed by atoms with Crippen LogP contribution in [0, 0.1) is 17.7 Å². The molecule has 1 N–H and O–H groups in total. The summed E-state index contributed by atoms with van der Waals surface area (Å²) in [6.45, 7) is 6.68. The Morgan fingerprint density at radius 3 is 2.27 bits per heavy atom. The Hall–Kier alpha value is -1.95. The molecule has 1 aliphatic carbocycles. The fourth-order valence-electron chi connectivity index (χ4n) is 3.94. The molecule has 1 saturated carbocycles. The summed E-state index contributed by atoms with van der Waals surface area (Å²) in [6, 6.07) is 6.20. The minimum absolute atomic E-state index is 0.0284. The summed E-state index contributed by atoms with van der Waals surface area (Å²) in [4.78, 5) is 29.4. The molecule has 2 fully saturated rings. The van der Waals surface area contributed by atoms with Gasteiger partial charge in [-0.1, -0.05) is 19.1 Å². The van der Waals surface area contributed by atoms with Crippen molar-refractivity contribution in [3.05, 3.63) is 30.1 Å². The fraction of sp³-hybridized carbons (Fsp3) is 0.600. The predicted molar refractivity (Wildman–Crippen MR) is 99.2 cm³/mol. The van der Waals surface area contributed by atoms with E-state index < -0.39 is 5.82 Å². The third-order valence-corrected chi connectivity index (χ3v) is 5.71. The van der Waals surface area contributed by atoms with E-state index in [2.05, 4.69) is 17.1 Å². The lowest BCUT2D eigenvalue weighted by Gasteiger charge is -2.37. The van der Waals surface area contributed by atoms with E-state index in [0.717, 1.165) is 45.6 Å². The normalized spacial score (nSPS) is 24.3. The van der Waals surface area contributed by atoms with Crippen LogP contribution in [0.3, 0.4) is 0 Å². The maximum atomic E-state index is 13.7. The van der Waals surface area contributed by atoms with Crippen molar-refractivity contribution in [2.45, 2.75) is 32.6 Å². The molecule has 0 radical (unpaired) electrons. The molecule has 0 aromatic heterocycles. The van der Waals surface area contributed by atoms with Crippen LogP contribution in [0.1, 0.15) is 32.6 Å². The fourth-order valence-corrected chi connectivity index (χ4v) is 3.94. The van der Waals surface area contributed by atoms with Crippen LogP contribution in [0.15, 0.2) is 24.3 Å². The number of benzene rings is 1. The number of halogens is 1. The van der Waals surface area contributed by atoms with Gasteiger partial charge in [0.25, 0.3) is 0 Å². The van der Waals surface area contributed by atoms with Crippen LogP contribution in [0.5, 0.6) is 0 Å². The van der Waals surface area contributed by atoms with Gasteiger partial charge in [-0.15, -0.1) is 0 Å². The lowest BCUT2D eigenvalue weighted by Crippen LogP contribution is -2.50. The van der Waals surface area contributed by atoms with Crippen LogP contribution in [0.25, 0.3) is 0 Å². The number of anilines is 1. The molecule has 142 valence electrons. The zero-order valence-corrected chi connectivity index (χ0v) is 15.4. The number of hydrogen-bond acceptors (Lipinski definition) is 3. The molecule has 2 aliphatic rings. The van der Waals surface area contributed by atoms with Crippen molar-refractivity contribution >= 4 is 17.5 Å². The number of likely N-dealkylation sites (N-methyl/N-ethyl adjacent to an activating group) is 1. The van der Waals surface area contributed by atoms with Gasteiger partial charge in [-0.25, -0.2) is 4.39 Å². The number of amides is 2. The molecule has 26 heavy (non-hydrogen) atoms. The molecule has 3 rings (SSSR count). The summed E-state index contributed by atoms with van der Waals surface area (Å²) in [5.41, 5.74) is 0.226. The molecule has 0 bridgehead atoms. The van der Waals surface area contributed by atoms with Crippen molar-refractivity contribution in [1.82, 2.24) is 9.80 Å². The molecule has 6 heteroatoms. The number of hydrogen-bond donors (Lipinski definition) is 1. The van der Waals surface area contributed by atoms with Gasteiger partial charge >= 0.3 is 0 Å². The van der Waals surface area contributed by atoms with Crippen LogP contribution in [0.2, 0.25) is 0 Å². The van der Waals surface area contributed by atoms with E-state index in [1.807, 2.05) is 4.90 Å². The molecule has 0 atom stereocenters. The summed E-state index contributed by atoms with van der Waals surface area (Å²) in [6.07, 6.45) is 2.85. The maximum Gasteiger partial charge on any atom is 0.227 e. The number of carbonyl (C=O) groups is 2. The quantitative estimate of drug-likeness (QED) is 0.897. The maximum absolute atomic E-state index is 13.7. The minimum atomic E-state index is -0.420. The molecule has 1 aliphatic heterocycles. The van der Waals surface area contributed by atoms with E-state index in [4.69, 9.17) is 0 Å². The second-order valence-corrected chi connectivity index (χ2v) is 7.28. The Bertz CT molecular complexity index is 636. The summed E-state index contributed by atoms with van der Waals surface area (Å²) >= 11 is 0. The predicted octanol–water partition coefficient (Wildman–Crippen LogP) is 2.73. The molecule has 1 saturated heterocycles. The smallest absolute Gasteiger partial charge is 0.227 e. The van der Waals surface area contributed by atoms with E-state index in [1.165, 1.54) is 6.07 Å². The first-order valence-corrected chi connectivity index (χ1v) is 9.65. The van der Waals surface area contributed by atoms with Gasteiger partial charge in [-0.3, -0.25) is 9.59 Å². The summed E-state index contributed by atoms with van der Waals surface area (Å²) in [5, 5.41) is 2.68. The first kappa shape index (κ1) is 18.8. The number of piperazine rings is 1. The lowest BCUT2D eigenvalue weighted by molar-refractivity contribution is -0.139. The van der Waals surface area contributed by atoms with Crippen molar-refractivity contribution in [3.63, 3.8) is 0 Å². The number of para-hydroxylation sites is 1. The summed E-state index contributed by atoms with van der Waals surface area (Å²) in [5.74, 6) is -0.432. The lowest BCUT2D eigenvalue weighted by atomic mass is 9.80. The molecule has 1 heterocycles. The first-order chi connectivity index (χ1) is 12.6. The van der Waals surface area contributed by atoms with E-state index in [0.29, 0.717) is 12.8 Å². The molecular weight excluding hydrogens is 333 g/mol. The van der Waals surface area contributed by atoms with Crippen LogP contribution in [0.4, 0.5) is 10.1 Å². The number of rotatable bonds is 4. The highest BCUT2D eigenvalue weighted by atomic mass is 19.1. The molecule has 0 unspecified atom stereocenters. The van der Waals surface area contributed by atoms with Gasteiger partial charge in [0.1, 0.15) is 5.82 Å².